The van der Waals surface area contributed by atoms with Gasteiger partial charge in [-0.2, -0.15) is 5.26 Å². The van der Waals surface area contributed by atoms with Crippen LogP contribution in [-0.4, -0.2) is 38.7 Å². The molecule has 0 saturated heterocycles. The Labute approximate surface area is 182 Å². The van der Waals surface area contributed by atoms with Crippen LogP contribution < -0.4 is 14.8 Å². The van der Waals surface area contributed by atoms with Crippen LogP contribution in [0.4, 0.5) is 0 Å². The number of hydrogen-bond acceptors (Lipinski definition) is 6. The first-order valence-electron chi connectivity index (χ1n) is 9.74. The molecular weight excluding hydrogens is 396 g/mol. The van der Waals surface area contributed by atoms with Crippen LogP contribution in [0.5, 0.6) is 11.5 Å². The highest BCUT2D eigenvalue weighted by molar-refractivity contribution is 6.01. The van der Waals surface area contributed by atoms with Crippen molar-refractivity contribution in [1.29, 1.82) is 5.26 Å². The Bertz CT molecular complexity index is 1000. The van der Waals surface area contributed by atoms with Crippen LogP contribution in [0.15, 0.2) is 42.0 Å². The van der Waals surface area contributed by atoms with Gasteiger partial charge in [0.1, 0.15) is 23.1 Å². The van der Waals surface area contributed by atoms with Crippen LogP contribution in [0.1, 0.15) is 22.3 Å². The molecule has 7 nitrogen and oxygen atoms in total. The molecule has 1 amide bonds. The summed E-state index contributed by atoms with van der Waals surface area (Å²) in [5.74, 6) is -0.0142. The molecule has 0 atom stereocenters. The van der Waals surface area contributed by atoms with Gasteiger partial charge in [-0.05, 0) is 67.3 Å². The second kappa shape index (κ2) is 11.5. The van der Waals surface area contributed by atoms with Crippen molar-refractivity contribution in [1.82, 2.24) is 5.32 Å². The summed E-state index contributed by atoms with van der Waals surface area (Å²) in [6.07, 6.45) is 1.46. The molecule has 0 saturated carbocycles. The molecule has 0 fully saturated rings. The summed E-state index contributed by atoms with van der Waals surface area (Å²) in [6, 6.07) is 12.3. The number of esters is 1. The summed E-state index contributed by atoms with van der Waals surface area (Å²) in [7, 11) is 1.53. The summed E-state index contributed by atoms with van der Waals surface area (Å²) in [5.41, 5.74) is 3.72. The van der Waals surface area contributed by atoms with Gasteiger partial charge in [0.2, 0.25) is 0 Å². The van der Waals surface area contributed by atoms with Crippen LogP contribution in [-0.2, 0) is 14.3 Å². The third-order valence-corrected chi connectivity index (χ3v) is 4.49. The summed E-state index contributed by atoms with van der Waals surface area (Å²) in [4.78, 5) is 24.1. The van der Waals surface area contributed by atoms with Gasteiger partial charge < -0.3 is 19.5 Å². The first-order chi connectivity index (χ1) is 14.8. The average molecular weight is 422 g/mol. The van der Waals surface area contributed by atoms with E-state index in [1.165, 1.54) is 13.2 Å². The molecule has 2 aromatic carbocycles. The first-order valence-corrected chi connectivity index (χ1v) is 9.74. The maximum absolute atomic E-state index is 12.1. The number of nitrogens with zero attached hydrogens (tertiary/aromatic N) is 1. The van der Waals surface area contributed by atoms with Crippen molar-refractivity contribution in [3.05, 3.63) is 64.2 Å². The topological polar surface area (TPSA) is 97.6 Å². The Kier molecular flexibility index (Phi) is 8.79. The number of ether oxygens (including phenoxy) is 3. The van der Waals surface area contributed by atoms with Gasteiger partial charge >= 0.3 is 5.97 Å². The Morgan fingerprint density at radius 3 is 2.48 bits per heavy atom. The molecule has 7 heteroatoms. The number of methoxy groups -OCH3 is 1. The Morgan fingerprint density at radius 1 is 1.13 bits per heavy atom. The van der Waals surface area contributed by atoms with E-state index in [1.807, 2.05) is 32.9 Å². The fourth-order valence-electron chi connectivity index (χ4n) is 2.76. The zero-order chi connectivity index (χ0) is 22.8. The van der Waals surface area contributed by atoms with Crippen LogP contribution in [0.3, 0.4) is 0 Å². The van der Waals surface area contributed by atoms with Gasteiger partial charge in [0.15, 0.2) is 6.61 Å². The lowest BCUT2D eigenvalue weighted by molar-refractivity contribution is -0.136. The summed E-state index contributed by atoms with van der Waals surface area (Å²) in [6.45, 7) is 6.35. The Hall–Kier alpha value is -3.63. The monoisotopic (exact) mass is 422 g/mol. The fourth-order valence-corrected chi connectivity index (χ4v) is 2.76. The number of rotatable bonds is 9. The number of nitriles is 1. The zero-order valence-corrected chi connectivity index (χ0v) is 18.2. The highest BCUT2D eigenvalue weighted by Gasteiger charge is 2.11. The Morgan fingerprint density at radius 2 is 1.84 bits per heavy atom. The Balaban J connectivity index is 1.95. The van der Waals surface area contributed by atoms with Crippen molar-refractivity contribution < 1.29 is 23.8 Å². The van der Waals surface area contributed by atoms with Crippen molar-refractivity contribution >= 4 is 18.0 Å². The molecule has 0 spiro atoms. The van der Waals surface area contributed by atoms with Crippen molar-refractivity contribution in [3.8, 4) is 17.6 Å². The molecule has 0 radical (unpaired) electrons. The van der Waals surface area contributed by atoms with Gasteiger partial charge in [0, 0.05) is 13.7 Å². The van der Waals surface area contributed by atoms with E-state index < -0.39 is 11.9 Å². The second-order valence-electron chi connectivity index (χ2n) is 6.96. The lowest BCUT2D eigenvalue weighted by atomic mass is 10.1. The molecule has 0 aliphatic carbocycles. The van der Waals surface area contributed by atoms with E-state index in [4.69, 9.17) is 14.2 Å². The van der Waals surface area contributed by atoms with Gasteiger partial charge in [-0.1, -0.05) is 18.2 Å². The van der Waals surface area contributed by atoms with Crippen LogP contribution in [0.25, 0.3) is 6.08 Å². The predicted octanol–water partition coefficient (Wildman–Crippen LogP) is 3.27. The van der Waals surface area contributed by atoms with Gasteiger partial charge in [-0.3, -0.25) is 4.79 Å². The summed E-state index contributed by atoms with van der Waals surface area (Å²) in [5, 5.41) is 11.8. The van der Waals surface area contributed by atoms with E-state index in [0.717, 1.165) is 16.7 Å². The van der Waals surface area contributed by atoms with Gasteiger partial charge in [-0.25, -0.2) is 4.79 Å². The minimum Gasteiger partial charge on any atom is -0.482 e. The van der Waals surface area contributed by atoms with E-state index in [1.54, 1.807) is 24.3 Å². The predicted molar refractivity (Wildman–Crippen MR) is 117 cm³/mol. The standard InChI is InChI=1S/C24H26N2O5/c1-16-11-17(2)18(3)22(12-16)30-15-23(27)31-21-7-5-19(6-8-21)13-20(14-25)24(28)26-9-10-29-4/h5-8,11-13H,9-10,15H2,1-4H3,(H,26,28)/b20-13+. The minimum atomic E-state index is -0.530. The normalized spacial score (nSPS) is 10.9. The number of amides is 1. The molecule has 0 unspecified atom stereocenters. The highest BCUT2D eigenvalue weighted by atomic mass is 16.6. The minimum absolute atomic E-state index is 0.0296. The van der Waals surface area contributed by atoms with E-state index in [0.29, 0.717) is 30.2 Å². The summed E-state index contributed by atoms with van der Waals surface area (Å²) < 4.78 is 15.8. The fraction of sp³-hybridized carbons (Fsp3) is 0.292. The maximum Gasteiger partial charge on any atom is 0.349 e. The molecular formula is C24H26N2O5. The molecule has 0 heterocycles. The molecule has 31 heavy (non-hydrogen) atoms. The largest absolute Gasteiger partial charge is 0.482 e. The van der Waals surface area contributed by atoms with E-state index in [9.17, 15) is 14.9 Å². The van der Waals surface area contributed by atoms with Gasteiger partial charge in [0.05, 0.1) is 6.61 Å². The lowest BCUT2D eigenvalue weighted by Gasteiger charge is -2.12. The number of aryl methyl sites for hydroxylation is 2. The van der Waals surface area contributed by atoms with Gasteiger partial charge in [0.25, 0.3) is 5.91 Å². The molecule has 2 aromatic rings. The van der Waals surface area contributed by atoms with Crippen molar-refractivity contribution in [2.45, 2.75) is 20.8 Å². The first kappa shape index (κ1) is 23.6. The molecule has 0 aliphatic rings. The van der Waals surface area contributed by atoms with Crippen molar-refractivity contribution in [3.63, 3.8) is 0 Å². The number of carbonyl (C=O) groups is 2. The highest BCUT2D eigenvalue weighted by Crippen LogP contribution is 2.23. The third kappa shape index (κ3) is 7.28. The SMILES string of the molecule is COCCNC(=O)/C(C#N)=C/c1ccc(OC(=O)COc2cc(C)cc(C)c2C)cc1. The number of benzene rings is 2. The number of hydrogen-bond donors (Lipinski definition) is 1. The lowest BCUT2D eigenvalue weighted by Crippen LogP contribution is -2.27. The smallest absolute Gasteiger partial charge is 0.349 e. The van der Waals surface area contributed by atoms with E-state index >= 15 is 0 Å². The van der Waals surface area contributed by atoms with Crippen LogP contribution in [0, 0.1) is 32.1 Å². The maximum atomic E-state index is 12.1. The number of carbonyl (C=O) groups excluding carboxylic acids is 2. The van der Waals surface area contributed by atoms with Crippen LogP contribution in [0.2, 0.25) is 0 Å². The van der Waals surface area contributed by atoms with Crippen LogP contribution >= 0.6 is 0 Å². The van der Waals surface area contributed by atoms with E-state index in [2.05, 4.69) is 11.4 Å². The molecule has 2 rings (SSSR count). The number of nitrogens with one attached hydrogen (secondary N) is 1. The molecule has 0 aromatic heterocycles. The van der Waals surface area contributed by atoms with Gasteiger partial charge in [-0.15, -0.1) is 0 Å². The third-order valence-electron chi connectivity index (χ3n) is 4.49. The van der Waals surface area contributed by atoms with E-state index in [-0.39, 0.29) is 12.2 Å². The summed E-state index contributed by atoms with van der Waals surface area (Å²) >= 11 is 0. The second-order valence-corrected chi connectivity index (χ2v) is 6.96. The van der Waals surface area contributed by atoms with Crippen molar-refractivity contribution in [2.24, 2.45) is 0 Å². The quantitative estimate of drug-likeness (QED) is 0.219. The molecule has 0 aliphatic heterocycles. The molecule has 0 bridgehead atoms. The van der Waals surface area contributed by atoms with Crippen molar-refractivity contribution in [2.75, 3.05) is 26.9 Å². The molecule has 162 valence electrons. The molecule has 1 N–H and O–H groups in total. The average Bonchev–Trinajstić information content (AvgIpc) is 2.74. The zero-order valence-electron chi connectivity index (χ0n) is 18.2.